The third-order valence-corrected chi connectivity index (χ3v) is 2.33. The van der Waals surface area contributed by atoms with E-state index in [9.17, 15) is 13.2 Å². The summed E-state index contributed by atoms with van der Waals surface area (Å²) in [6.45, 7) is 3.76. The molecule has 1 aliphatic rings. The maximum atomic E-state index is 12.0. The fourth-order valence-electron chi connectivity index (χ4n) is 1.51. The lowest BCUT2D eigenvalue weighted by Crippen LogP contribution is -2.17. The SMILES string of the molecule is C=C1C=NC(c2ccc(OC(F)(F)F)cc2)=CC1. The summed E-state index contributed by atoms with van der Waals surface area (Å²) in [7, 11) is 0. The number of aliphatic imine (C=N–C) groups is 1. The van der Waals surface area contributed by atoms with Crippen LogP contribution < -0.4 is 4.74 Å². The molecule has 0 saturated heterocycles. The van der Waals surface area contributed by atoms with E-state index in [-0.39, 0.29) is 5.75 Å². The average Bonchev–Trinajstić information content (AvgIpc) is 2.29. The van der Waals surface area contributed by atoms with E-state index in [0.717, 1.165) is 16.8 Å². The summed E-state index contributed by atoms with van der Waals surface area (Å²) in [5, 5.41) is 0. The maximum absolute atomic E-state index is 12.0. The van der Waals surface area contributed by atoms with Crippen LogP contribution in [-0.2, 0) is 0 Å². The first-order valence-corrected chi connectivity index (χ1v) is 5.22. The predicted molar refractivity (Wildman–Crippen MR) is 63.4 cm³/mol. The van der Waals surface area contributed by atoms with Crippen molar-refractivity contribution in [1.82, 2.24) is 0 Å². The molecular weight excluding hydrogens is 243 g/mol. The molecule has 0 aliphatic carbocycles. The van der Waals surface area contributed by atoms with Gasteiger partial charge in [0.2, 0.25) is 0 Å². The van der Waals surface area contributed by atoms with E-state index in [4.69, 9.17) is 0 Å². The van der Waals surface area contributed by atoms with Crippen molar-refractivity contribution < 1.29 is 17.9 Å². The van der Waals surface area contributed by atoms with Gasteiger partial charge in [0.25, 0.3) is 0 Å². The Morgan fingerprint density at radius 2 is 1.83 bits per heavy atom. The smallest absolute Gasteiger partial charge is 0.406 e. The molecule has 0 spiro atoms. The highest BCUT2D eigenvalue weighted by Crippen LogP contribution is 2.26. The van der Waals surface area contributed by atoms with Crippen LogP contribution in [0.25, 0.3) is 5.70 Å². The van der Waals surface area contributed by atoms with Crippen LogP contribution >= 0.6 is 0 Å². The van der Waals surface area contributed by atoms with E-state index in [1.165, 1.54) is 12.1 Å². The summed E-state index contributed by atoms with van der Waals surface area (Å²) >= 11 is 0. The van der Waals surface area contributed by atoms with Crippen LogP contribution in [0.1, 0.15) is 12.0 Å². The van der Waals surface area contributed by atoms with Gasteiger partial charge in [-0.1, -0.05) is 12.7 Å². The first kappa shape index (κ1) is 12.4. The van der Waals surface area contributed by atoms with Gasteiger partial charge < -0.3 is 4.74 Å². The van der Waals surface area contributed by atoms with Gasteiger partial charge in [0, 0.05) is 11.8 Å². The maximum Gasteiger partial charge on any atom is 0.573 e. The molecule has 1 aromatic rings. The molecule has 0 aromatic heterocycles. The number of nitrogens with zero attached hydrogens (tertiary/aromatic N) is 1. The molecule has 2 nitrogen and oxygen atoms in total. The number of ether oxygens (including phenoxy) is 1. The van der Waals surface area contributed by atoms with Gasteiger partial charge in [-0.3, -0.25) is 4.99 Å². The Bertz CT molecular complexity index is 512. The second-order valence-corrected chi connectivity index (χ2v) is 3.78. The molecule has 0 amide bonds. The second-order valence-electron chi connectivity index (χ2n) is 3.78. The van der Waals surface area contributed by atoms with Crippen molar-refractivity contribution in [2.45, 2.75) is 12.8 Å². The fourth-order valence-corrected chi connectivity index (χ4v) is 1.51. The molecule has 0 bridgehead atoms. The lowest BCUT2D eigenvalue weighted by Gasteiger charge is -2.10. The Morgan fingerprint density at radius 3 is 2.33 bits per heavy atom. The summed E-state index contributed by atoms with van der Waals surface area (Å²) in [6, 6.07) is 5.61. The Morgan fingerprint density at radius 1 is 1.17 bits per heavy atom. The van der Waals surface area contributed by atoms with Gasteiger partial charge in [0.05, 0.1) is 5.70 Å². The molecule has 0 radical (unpaired) electrons. The molecule has 94 valence electrons. The molecule has 1 aromatic carbocycles. The van der Waals surface area contributed by atoms with Crippen LogP contribution in [0.15, 0.2) is 47.5 Å². The van der Waals surface area contributed by atoms with Crippen molar-refractivity contribution in [3.63, 3.8) is 0 Å². The molecule has 1 heterocycles. The molecular formula is C13H10F3NO. The minimum Gasteiger partial charge on any atom is -0.406 e. The zero-order valence-electron chi connectivity index (χ0n) is 9.37. The number of benzene rings is 1. The highest BCUT2D eigenvalue weighted by Gasteiger charge is 2.30. The minimum atomic E-state index is -4.67. The van der Waals surface area contributed by atoms with Crippen LogP contribution in [-0.4, -0.2) is 12.6 Å². The highest BCUT2D eigenvalue weighted by atomic mass is 19.4. The molecule has 0 N–H and O–H groups in total. The van der Waals surface area contributed by atoms with Gasteiger partial charge in [-0.25, -0.2) is 0 Å². The van der Waals surface area contributed by atoms with Gasteiger partial charge in [-0.15, -0.1) is 13.2 Å². The normalized spacial score (nSPS) is 15.5. The van der Waals surface area contributed by atoms with Crippen molar-refractivity contribution >= 4 is 11.9 Å². The molecule has 0 saturated carbocycles. The molecule has 18 heavy (non-hydrogen) atoms. The molecule has 2 rings (SSSR count). The van der Waals surface area contributed by atoms with E-state index in [1.807, 2.05) is 6.08 Å². The number of hydrogen-bond acceptors (Lipinski definition) is 2. The van der Waals surface area contributed by atoms with E-state index in [1.54, 1.807) is 18.3 Å². The van der Waals surface area contributed by atoms with Crippen LogP contribution in [0.5, 0.6) is 5.75 Å². The lowest BCUT2D eigenvalue weighted by atomic mass is 10.1. The van der Waals surface area contributed by atoms with E-state index >= 15 is 0 Å². The molecule has 0 atom stereocenters. The minimum absolute atomic E-state index is 0.240. The topological polar surface area (TPSA) is 21.6 Å². The van der Waals surface area contributed by atoms with Crippen molar-refractivity contribution in [1.29, 1.82) is 0 Å². The van der Waals surface area contributed by atoms with Gasteiger partial charge in [-0.05, 0) is 36.3 Å². The van der Waals surface area contributed by atoms with Crippen molar-refractivity contribution in [2.24, 2.45) is 4.99 Å². The van der Waals surface area contributed by atoms with Crippen molar-refractivity contribution in [2.75, 3.05) is 0 Å². The second kappa shape index (κ2) is 4.68. The molecule has 1 aliphatic heterocycles. The monoisotopic (exact) mass is 253 g/mol. The van der Waals surface area contributed by atoms with Crippen LogP contribution in [0.3, 0.4) is 0 Å². The fraction of sp³-hybridized carbons (Fsp3) is 0.154. The first-order valence-electron chi connectivity index (χ1n) is 5.22. The van der Waals surface area contributed by atoms with E-state index in [2.05, 4.69) is 16.3 Å². The Balaban J connectivity index is 2.13. The summed E-state index contributed by atoms with van der Waals surface area (Å²) in [5.41, 5.74) is 2.37. The van der Waals surface area contributed by atoms with Crippen molar-refractivity contribution in [3.8, 4) is 5.75 Å². The Kier molecular flexibility index (Phi) is 3.23. The first-order chi connectivity index (χ1) is 8.44. The number of allylic oxidation sites excluding steroid dienone is 2. The number of rotatable bonds is 2. The third-order valence-electron chi connectivity index (χ3n) is 2.33. The number of halogens is 3. The number of alkyl halides is 3. The van der Waals surface area contributed by atoms with E-state index in [0.29, 0.717) is 6.42 Å². The zero-order chi connectivity index (χ0) is 13.2. The summed E-state index contributed by atoms with van der Waals surface area (Å²) < 4.78 is 39.7. The highest BCUT2D eigenvalue weighted by molar-refractivity contribution is 5.87. The molecule has 0 fully saturated rings. The Hall–Kier alpha value is -2.04. The lowest BCUT2D eigenvalue weighted by molar-refractivity contribution is -0.274. The quantitative estimate of drug-likeness (QED) is 0.781. The standard InChI is InChI=1S/C13H10F3NO/c1-9-2-7-12(17-8-9)10-3-5-11(6-4-10)18-13(14,15)16/h3-8H,1-2H2. The van der Waals surface area contributed by atoms with Crippen LogP contribution in [0.2, 0.25) is 0 Å². The van der Waals surface area contributed by atoms with Gasteiger partial charge in [0.15, 0.2) is 0 Å². The average molecular weight is 253 g/mol. The molecule has 0 unspecified atom stereocenters. The molecule has 5 heteroatoms. The van der Waals surface area contributed by atoms with Crippen LogP contribution in [0, 0.1) is 0 Å². The van der Waals surface area contributed by atoms with Crippen molar-refractivity contribution in [3.05, 3.63) is 48.1 Å². The predicted octanol–water partition coefficient (Wildman–Crippen LogP) is 3.96. The van der Waals surface area contributed by atoms with Gasteiger partial charge >= 0.3 is 6.36 Å². The van der Waals surface area contributed by atoms with Crippen LogP contribution in [0.4, 0.5) is 13.2 Å². The largest absolute Gasteiger partial charge is 0.573 e. The zero-order valence-corrected chi connectivity index (χ0v) is 9.37. The number of hydrogen-bond donors (Lipinski definition) is 0. The Labute approximate surface area is 102 Å². The van der Waals surface area contributed by atoms with Gasteiger partial charge in [-0.2, -0.15) is 0 Å². The van der Waals surface area contributed by atoms with E-state index < -0.39 is 6.36 Å². The third kappa shape index (κ3) is 3.23. The summed E-state index contributed by atoms with van der Waals surface area (Å²) in [6.07, 6.45) is -0.446. The van der Waals surface area contributed by atoms with Gasteiger partial charge in [0.1, 0.15) is 5.75 Å². The summed E-state index contributed by atoms with van der Waals surface area (Å²) in [4.78, 5) is 4.16. The summed E-state index contributed by atoms with van der Waals surface area (Å²) in [5.74, 6) is -0.240.